The summed E-state index contributed by atoms with van der Waals surface area (Å²) in [4.78, 5) is 22.6. The van der Waals surface area contributed by atoms with E-state index in [-0.39, 0.29) is 18.3 Å². The number of aliphatic imine (C=N–C) groups is 1. The predicted molar refractivity (Wildman–Crippen MR) is 106 cm³/mol. The number of aliphatic hydroxyl groups is 1. The summed E-state index contributed by atoms with van der Waals surface area (Å²) in [5, 5.41) is 13.0. The molecule has 2 aliphatic rings. The second-order valence-electron chi connectivity index (χ2n) is 6.03. The molecule has 3 heterocycles. The standard InChI is InChI=1S/C13H15N3O3S.C6H4ClF/c1-2-19-13(18)9-6-15-11(12-14-3-4-20-12)16-7-8(17)5-10(9)16;7-5-2-1-3-6(8)4-5/h3-4,8,17H,2,5-7H2,1H3;1-4H. The summed E-state index contributed by atoms with van der Waals surface area (Å²) < 4.78 is 17.1. The number of hydrogen-bond donors (Lipinski definition) is 1. The van der Waals surface area contributed by atoms with Crippen LogP contribution in [0.3, 0.4) is 0 Å². The first-order chi connectivity index (χ1) is 13.5. The summed E-state index contributed by atoms with van der Waals surface area (Å²) in [6, 6.07) is 5.82. The Bertz CT molecular complexity index is 884. The first-order valence-electron chi connectivity index (χ1n) is 8.69. The van der Waals surface area contributed by atoms with Crippen molar-refractivity contribution in [3.8, 4) is 0 Å². The van der Waals surface area contributed by atoms with Crippen molar-refractivity contribution in [3.05, 3.63) is 63.0 Å². The van der Waals surface area contributed by atoms with E-state index in [9.17, 15) is 14.3 Å². The summed E-state index contributed by atoms with van der Waals surface area (Å²) >= 11 is 6.90. The average Bonchev–Trinajstić information content (AvgIpc) is 3.30. The number of hydrogen-bond acceptors (Lipinski definition) is 7. The van der Waals surface area contributed by atoms with Crippen LogP contribution in [0.1, 0.15) is 18.4 Å². The number of halogens is 2. The van der Waals surface area contributed by atoms with Gasteiger partial charge in [0.15, 0.2) is 10.8 Å². The Morgan fingerprint density at radius 1 is 1.50 bits per heavy atom. The fraction of sp³-hybridized carbons (Fsp3) is 0.316. The molecule has 1 fully saturated rings. The molecule has 0 spiro atoms. The highest BCUT2D eigenvalue weighted by Gasteiger charge is 2.36. The molecule has 1 atom stereocenters. The van der Waals surface area contributed by atoms with Crippen molar-refractivity contribution in [2.24, 2.45) is 4.99 Å². The summed E-state index contributed by atoms with van der Waals surface area (Å²) in [6.07, 6.45) is 1.69. The van der Waals surface area contributed by atoms with E-state index in [1.807, 2.05) is 10.3 Å². The average molecular weight is 424 g/mol. The molecule has 28 heavy (non-hydrogen) atoms. The molecule has 1 N–H and O–H groups in total. The summed E-state index contributed by atoms with van der Waals surface area (Å²) in [7, 11) is 0. The molecule has 1 aromatic heterocycles. The lowest BCUT2D eigenvalue weighted by atomic mass is 10.1. The normalized spacial score (nSPS) is 18.2. The van der Waals surface area contributed by atoms with Crippen LogP contribution < -0.4 is 0 Å². The van der Waals surface area contributed by atoms with Gasteiger partial charge in [0, 0.05) is 28.7 Å². The number of aromatic nitrogens is 1. The molecule has 0 saturated carbocycles. The van der Waals surface area contributed by atoms with E-state index in [0.29, 0.717) is 30.2 Å². The highest BCUT2D eigenvalue weighted by molar-refractivity contribution is 7.11. The lowest BCUT2D eigenvalue weighted by molar-refractivity contribution is -0.138. The Kier molecular flexibility index (Phi) is 6.77. The van der Waals surface area contributed by atoms with E-state index < -0.39 is 6.10 Å². The molecule has 2 aromatic rings. The number of ether oxygens (including phenoxy) is 1. The van der Waals surface area contributed by atoms with Crippen molar-refractivity contribution >= 4 is 34.7 Å². The smallest absolute Gasteiger partial charge is 0.337 e. The maximum absolute atomic E-state index is 12.1. The van der Waals surface area contributed by atoms with Gasteiger partial charge in [-0.2, -0.15) is 0 Å². The number of benzene rings is 1. The van der Waals surface area contributed by atoms with E-state index in [1.165, 1.54) is 23.5 Å². The van der Waals surface area contributed by atoms with Gasteiger partial charge < -0.3 is 14.7 Å². The minimum absolute atomic E-state index is 0.284. The number of rotatable bonds is 3. The summed E-state index contributed by atoms with van der Waals surface area (Å²) in [6.45, 7) is 2.83. The SMILES string of the molecule is CCOC(=O)C1=C2CC(O)CN2C(c2nccs2)=NC1.Fc1cccc(Cl)c1. The molecule has 1 unspecified atom stereocenters. The van der Waals surface area contributed by atoms with Crippen LogP contribution >= 0.6 is 22.9 Å². The summed E-state index contributed by atoms with van der Waals surface area (Å²) in [5.41, 5.74) is 1.36. The monoisotopic (exact) mass is 423 g/mol. The number of thiazole rings is 1. The van der Waals surface area contributed by atoms with Gasteiger partial charge in [-0.3, -0.25) is 4.99 Å². The van der Waals surface area contributed by atoms with Crippen LogP contribution in [0, 0.1) is 5.82 Å². The van der Waals surface area contributed by atoms with Crippen molar-refractivity contribution in [2.75, 3.05) is 19.7 Å². The number of carbonyl (C=O) groups is 1. The minimum Gasteiger partial charge on any atom is -0.463 e. The molecule has 1 saturated heterocycles. The minimum atomic E-state index is -0.488. The number of carbonyl (C=O) groups excluding carboxylic acids is 1. The molecule has 2 aliphatic heterocycles. The van der Waals surface area contributed by atoms with Gasteiger partial charge in [0.1, 0.15) is 5.82 Å². The maximum Gasteiger partial charge on any atom is 0.337 e. The lowest BCUT2D eigenvalue weighted by Crippen LogP contribution is -2.34. The van der Waals surface area contributed by atoms with Crippen LogP contribution in [-0.2, 0) is 9.53 Å². The van der Waals surface area contributed by atoms with Gasteiger partial charge in [0.05, 0.1) is 31.4 Å². The van der Waals surface area contributed by atoms with E-state index >= 15 is 0 Å². The zero-order valence-corrected chi connectivity index (χ0v) is 16.7. The van der Waals surface area contributed by atoms with Crippen LogP contribution in [0.4, 0.5) is 4.39 Å². The summed E-state index contributed by atoms with van der Waals surface area (Å²) in [5.74, 6) is 0.0978. The maximum atomic E-state index is 12.1. The van der Waals surface area contributed by atoms with Crippen LogP contribution in [0.2, 0.25) is 5.02 Å². The van der Waals surface area contributed by atoms with Crippen molar-refractivity contribution < 1.29 is 19.0 Å². The second kappa shape index (κ2) is 9.27. The molecule has 0 aliphatic carbocycles. The Morgan fingerprint density at radius 3 is 2.93 bits per heavy atom. The molecule has 148 valence electrons. The number of aliphatic hydroxyl groups excluding tert-OH is 1. The largest absolute Gasteiger partial charge is 0.463 e. The van der Waals surface area contributed by atoms with Crippen LogP contribution in [-0.4, -0.2) is 52.6 Å². The zero-order chi connectivity index (χ0) is 20.1. The third kappa shape index (κ3) is 4.76. The number of esters is 1. The third-order valence-corrected chi connectivity index (χ3v) is 5.08. The van der Waals surface area contributed by atoms with Gasteiger partial charge in [-0.25, -0.2) is 14.2 Å². The quantitative estimate of drug-likeness (QED) is 0.767. The Morgan fingerprint density at radius 2 is 2.32 bits per heavy atom. The van der Waals surface area contributed by atoms with Gasteiger partial charge in [-0.05, 0) is 25.1 Å². The fourth-order valence-corrected chi connectivity index (χ4v) is 3.76. The van der Waals surface area contributed by atoms with E-state index in [1.54, 1.807) is 25.3 Å². The predicted octanol–water partition coefficient (Wildman–Crippen LogP) is 3.27. The molecule has 9 heteroatoms. The first-order valence-corrected chi connectivity index (χ1v) is 9.95. The van der Waals surface area contributed by atoms with Crippen molar-refractivity contribution in [1.82, 2.24) is 9.88 Å². The van der Waals surface area contributed by atoms with E-state index in [2.05, 4.69) is 9.98 Å². The highest BCUT2D eigenvalue weighted by atomic mass is 35.5. The zero-order valence-electron chi connectivity index (χ0n) is 15.1. The fourth-order valence-electron chi connectivity index (χ4n) is 2.93. The lowest BCUT2D eigenvalue weighted by Gasteiger charge is -2.26. The first kappa shape index (κ1) is 20.4. The molecule has 1 aromatic carbocycles. The van der Waals surface area contributed by atoms with Crippen LogP contribution in [0.5, 0.6) is 0 Å². The molecule has 0 bridgehead atoms. The van der Waals surface area contributed by atoms with Crippen LogP contribution in [0.15, 0.2) is 52.1 Å². The molecule has 0 radical (unpaired) electrons. The van der Waals surface area contributed by atoms with Crippen molar-refractivity contribution in [2.45, 2.75) is 19.4 Å². The Labute approximate surface area is 170 Å². The number of amidine groups is 1. The number of nitrogens with zero attached hydrogens (tertiary/aromatic N) is 3. The van der Waals surface area contributed by atoms with Gasteiger partial charge in [-0.15, -0.1) is 11.3 Å². The molecule has 6 nitrogen and oxygen atoms in total. The number of fused-ring (bicyclic) bond motifs is 1. The molecular weight excluding hydrogens is 405 g/mol. The second-order valence-corrected chi connectivity index (χ2v) is 7.36. The molecule has 0 amide bonds. The highest BCUT2D eigenvalue weighted by Crippen LogP contribution is 2.31. The van der Waals surface area contributed by atoms with Crippen molar-refractivity contribution in [3.63, 3.8) is 0 Å². The topological polar surface area (TPSA) is 75.0 Å². The van der Waals surface area contributed by atoms with Crippen LogP contribution in [0.25, 0.3) is 0 Å². The van der Waals surface area contributed by atoms with E-state index in [4.69, 9.17) is 16.3 Å². The van der Waals surface area contributed by atoms with E-state index in [0.717, 1.165) is 16.5 Å². The van der Waals surface area contributed by atoms with Gasteiger partial charge in [0.25, 0.3) is 0 Å². The van der Waals surface area contributed by atoms with Crippen molar-refractivity contribution in [1.29, 1.82) is 0 Å². The van der Waals surface area contributed by atoms with Gasteiger partial charge in [-0.1, -0.05) is 17.7 Å². The molecular formula is C19H19ClFN3O3S. The Hall–Kier alpha value is -2.29. The third-order valence-electron chi connectivity index (χ3n) is 4.07. The molecule has 4 rings (SSSR count). The Balaban J connectivity index is 0.000000236. The van der Waals surface area contributed by atoms with Gasteiger partial charge >= 0.3 is 5.97 Å². The van der Waals surface area contributed by atoms with Gasteiger partial charge in [0.2, 0.25) is 0 Å².